The highest BCUT2D eigenvalue weighted by atomic mass is 16.5. The first-order valence-corrected chi connectivity index (χ1v) is 4.00. The van der Waals surface area contributed by atoms with E-state index in [1.165, 1.54) is 32.5 Å². The summed E-state index contributed by atoms with van der Waals surface area (Å²) < 4.78 is 4.54. The number of nitrogens with zero attached hydrogens (tertiary/aromatic N) is 1. The van der Waals surface area contributed by atoms with Crippen LogP contribution in [0.4, 0.5) is 0 Å². The molecule has 1 rings (SSSR count). The molecule has 1 aromatic heterocycles. The number of carbonyl (C=O) groups excluding carboxylic acids is 1. The van der Waals surface area contributed by atoms with Gasteiger partial charge in [0.25, 0.3) is 0 Å². The van der Waals surface area contributed by atoms with Crippen LogP contribution in [0.3, 0.4) is 0 Å². The number of ether oxygens (including phenoxy) is 1. The normalized spacial score (nSPS) is 14.5. The Labute approximate surface area is 81.5 Å². The Hall–Kier alpha value is -1.62. The van der Waals surface area contributed by atoms with Crippen molar-refractivity contribution in [1.82, 2.24) is 4.98 Å². The summed E-state index contributed by atoms with van der Waals surface area (Å²) in [6, 6.07) is 1.38. The van der Waals surface area contributed by atoms with Crippen molar-refractivity contribution in [2.45, 2.75) is 12.5 Å². The third kappa shape index (κ3) is 1.82. The van der Waals surface area contributed by atoms with Crippen LogP contribution in [-0.2, 0) is 15.1 Å². The summed E-state index contributed by atoms with van der Waals surface area (Å²) in [4.78, 5) is 15.0. The molecule has 0 aliphatic heterocycles. The van der Waals surface area contributed by atoms with Crippen LogP contribution in [0.2, 0.25) is 0 Å². The number of hydrogen-bond acceptors (Lipinski definition) is 5. The fraction of sp³-hybridized carbons (Fsp3) is 0.333. The molecule has 76 valence electrons. The number of hydrogen-bond donors (Lipinski definition) is 2. The Bertz CT molecular complexity index is 350. The van der Waals surface area contributed by atoms with Gasteiger partial charge >= 0.3 is 5.97 Å². The van der Waals surface area contributed by atoms with Crippen molar-refractivity contribution in [3.63, 3.8) is 0 Å². The first-order chi connectivity index (χ1) is 6.48. The van der Waals surface area contributed by atoms with Crippen LogP contribution < -0.4 is 5.73 Å². The number of carbonyl (C=O) groups is 1. The number of rotatable bonds is 2. The molecule has 0 saturated carbocycles. The fourth-order valence-corrected chi connectivity index (χ4v) is 1.04. The molecule has 1 heterocycles. The molecule has 0 amide bonds. The Balaban J connectivity index is 3.09. The van der Waals surface area contributed by atoms with E-state index in [4.69, 9.17) is 10.8 Å². The van der Waals surface area contributed by atoms with Crippen molar-refractivity contribution in [2.75, 3.05) is 7.11 Å². The highest BCUT2D eigenvalue weighted by Crippen LogP contribution is 2.21. The molecule has 0 saturated heterocycles. The van der Waals surface area contributed by atoms with Crippen LogP contribution >= 0.6 is 0 Å². The molecule has 5 heteroatoms. The molecule has 0 aliphatic carbocycles. The summed E-state index contributed by atoms with van der Waals surface area (Å²) in [5.41, 5.74) is 4.85. The summed E-state index contributed by atoms with van der Waals surface area (Å²) in [6.45, 7) is 1.50. The number of aromatic nitrogens is 1. The van der Waals surface area contributed by atoms with E-state index in [2.05, 4.69) is 9.72 Å². The summed E-state index contributed by atoms with van der Waals surface area (Å²) in [5.74, 6) is -0.618. The molecule has 3 N–H and O–H groups in total. The van der Waals surface area contributed by atoms with Crippen molar-refractivity contribution in [2.24, 2.45) is 5.73 Å². The molecule has 1 atom stereocenters. The van der Waals surface area contributed by atoms with Gasteiger partial charge in [-0.3, -0.25) is 4.98 Å². The molecule has 14 heavy (non-hydrogen) atoms. The lowest BCUT2D eigenvalue weighted by Crippen LogP contribution is -2.42. The van der Waals surface area contributed by atoms with E-state index in [-0.39, 0.29) is 5.75 Å². The highest BCUT2D eigenvalue weighted by molar-refractivity contribution is 5.81. The maximum absolute atomic E-state index is 11.3. The van der Waals surface area contributed by atoms with Gasteiger partial charge in [-0.25, -0.2) is 4.79 Å². The largest absolute Gasteiger partial charge is 0.506 e. The van der Waals surface area contributed by atoms with Gasteiger partial charge < -0.3 is 15.6 Å². The number of aromatic hydroxyl groups is 1. The summed E-state index contributed by atoms with van der Waals surface area (Å²) in [7, 11) is 1.25. The molecule has 0 radical (unpaired) electrons. The monoisotopic (exact) mass is 196 g/mol. The van der Waals surface area contributed by atoms with Gasteiger partial charge in [0.1, 0.15) is 11.3 Å². The number of esters is 1. The van der Waals surface area contributed by atoms with Gasteiger partial charge in [0.2, 0.25) is 0 Å². The van der Waals surface area contributed by atoms with Crippen LogP contribution in [-0.4, -0.2) is 23.2 Å². The van der Waals surface area contributed by atoms with Crippen LogP contribution in [0, 0.1) is 0 Å². The first-order valence-electron chi connectivity index (χ1n) is 4.00. The third-order valence-corrected chi connectivity index (χ3v) is 1.93. The van der Waals surface area contributed by atoms with Gasteiger partial charge in [0.15, 0.2) is 0 Å². The summed E-state index contributed by atoms with van der Waals surface area (Å²) in [5, 5.41) is 9.16. The van der Waals surface area contributed by atoms with E-state index < -0.39 is 11.5 Å². The average molecular weight is 196 g/mol. The van der Waals surface area contributed by atoms with Crippen molar-refractivity contribution in [1.29, 1.82) is 0 Å². The van der Waals surface area contributed by atoms with Gasteiger partial charge in [-0.15, -0.1) is 0 Å². The zero-order valence-corrected chi connectivity index (χ0v) is 8.02. The maximum atomic E-state index is 11.3. The number of nitrogens with two attached hydrogens (primary N) is 1. The molecular formula is C9H12N2O3. The predicted octanol–water partition coefficient (Wildman–Crippen LogP) is 0.134. The Morgan fingerprint density at radius 2 is 2.29 bits per heavy atom. The van der Waals surface area contributed by atoms with Crippen molar-refractivity contribution in [3.05, 3.63) is 24.0 Å². The molecule has 5 nitrogen and oxygen atoms in total. The maximum Gasteiger partial charge on any atom is 0.330 e. The molecule has 0 spiro atoms. The Morgan fingerprint density at radius 3 is 2.79 bits per heavy atom. The van der Waals surface area contributed by atoms with Crippen molar-refractivity contribution in [3.8, 4) is 5.75 Å². The van der Waals surface area contributed by atoms with E-state index in [0.717, 1.165) is 0 Å². The number of methoxy groups -OCH3 is 1. The fourth-order valence-electron chi connectivity index (χ4n) is 1.04. The predicted molar refractivity (Wildman–Crippen MR) is 49.5 cm³/mol. The average Bonchev–Trinajstić information content (AvgIpc) is 2.16. The van der Waals surface area contributed by atoms with E-state index in [1.54, 1.807) is 0 Å². The zero-order chi connectivity index (χ0) is 10.8. The lowest BCUT2D eigenvalue weighted by Gasteiger charge is -2.21. The minimum Gasteiger partial charge on any atom is -0.506 e. The molecule has 0 aliphatic rings. The van der Waals surface area contributed by atoms with Gasteiger partial charge in [-0.05, 0) is 13.0 Å². The molecule has 0 bridgehead atoms. The van der Waals surface area contributed by atoms with E-state index in [1.807, 2.05) is 0 Å². The molecular weight excluding hydrogens is 184 g/mol. The highest BCUT2D eigenvalue weighted by Gasteiger charge is 2.32. The molecule has 0 unspecified atom stereocenters. The minimum atomic E-state index is -1.29. The van der Waals surface area contributed by atoms with Crippen LogP contribution in [0.1, 0.15) is 12.5 Å². The van der Waals surface area contributed by atoms with Crippen molar-refractivity contribution >= 4 is 5.97 Å². The SMILES string of the molecule is COC(=O)[C@@](C)(N)c1cncc(O)c1. The van der Waals surface area contributed by atoms with Crippen LogP contribution in [0.25, 0.3) is 0 Å². The van der Waals surface area contributed by atoms with E-state index >= 15 is 0 Å². The summed E-state index contributed by atoms with van der Waals surface area (Å²) in [6.07, 6.45) is 2.67. The Morgan fingerprint density at radius 1 is 1.64 bits per heavy atom. The lowest BCUT2D eigenvalue weighted by atomic mass is 9.95. The quantitative estimate of drug-likeness (QED) is 0.657. The smallest absolute Gasteiger partial charge is 0.330 e. The van der Waals surface area contributed by atoms with E-state index in [0.29, 0.717) is 5.56 Å². The van der Waals surface area contributed by atoms with E-state index in [9.17, 15) is 4.79 Å². The number of pyridine rings is 1. The van der Waals surface area contributed by atoms with Crippen molar-refractivity contribution < 1.29 is 14.6 Å². The van der Waals surface area contributed by atoms with Crippen LogP contribution in [0.15, 0.2) is 18.5 Å². The second-order valence-corrected chi connectivity index (χ2v) is 3.13. The topological polar surface area (TPSA) is 85.4 Å². The standard InChI is InChI=1S/C9H12N2O3/c1-9(10,8(13)14-2)6-3-7(12)5-11-4-6/h3-5,12H,10H2,1-2H3/t9-/m0/s1. The molecule has 1 aromatic rings. The zero-order valence-electron chi connectivity index (χ0n) is 8.02. The Kier molecular flexibility index (Phi) is 2.71. The lowest BCUT2D eigenvalue weighted by molar-refractivity contribution is -0.146. The van der Waals surface area contributed by atoms with Gasteiger partial charge in [0.05, 0.1) is 13.3 Å². The molecule has 0 aromatic carbocycles. The summed E-state index contributed by atoms with van der Waals surface area (Å²) >= 11 is 0. The van der Waals surface area contributed by atoms with Gasteiger partial charge in [-0.1, -0.05) is 0 Å². The minimum absolute atomic E-state index is 0.0388. The second kappa shape index (κ2) is 3.63. The van der Waals surface area contributed by atoms with Gasteiger partial charge in [-0.2, -0.15) is 0 Å². The molecule has 0 fully saturated rings. The van der Waals surface area contributed by atoms with Gasteiger partial charge in [0, 0.05) is 11.8 Å². The third-order valence-electron chi connectivity index (χ3n) is 1.93. The first kappa shape index (κ1) is 10.5. The second-order valence-electron chi connectivity index (χ2n) is 3.13. The van der Waals surface area contributed by atoms with Crippen LogP contribution in [0.5, 0.6) is 5.75 Å².